The van der Waals surface area contributed by atoms with Gasteiger partial charge in [-0.1, -0.05) is 42.5 Å². The van der Waals surface area contributed by atoms with E-state index in [1.54, 1.807) is 0 Å². The van der Waals surface area contributed by atoms with Gasteiger partial charge in [0.05, 0.1) is 13.2 Å². The van der Waals surface area contributed by atoms with E-state index in [-0.39, 0.29) is 5.91 Å². The lowest BCUT2D eigenvalue weighted by Crippen LogP contribution is -2.38. The quantitative estimate of drug-likeness (QED) is 0.896. The number of benzene rings is 2. The van der Waals surface area contributed by atoms with Gasteiger partial charge >= 0.3 is 0 Å². The zero-order valence-electron chi connectivity index (χ0n) is 14.8. The maximum atomic E-state index is 12.5. The van der Waals surface area contributed by atoms with Crippen LogP contribution in [0.5, 0.6) is 5.75 Å². The van der Waals surface area contributed by atoms with Crippen molar-refractivity contribution >= 4 is 5.91 Å². The van der Waals surface area contributed by atoms with E-state index >= 15 is 0 Å². The fourth-order valence-corrected chi connectivity index (χ4v) is 3.51. The van der Waals surface area contributed by atoms with Crippen molar-refractivity contribution in [1.29, 1.82) is 0 Å². The Balaban J connectivity index is 1.35. The molecular weight excluding hydrogens is 328 g/mol. The molecule has 4 rings (SSSR count). The van der Waals surface area contributed by atoms with Gasteiger partial charge in [0.1, 0.15) is 5.75 Å². The normalized spacial score (nSPS) is 19.6. The van der Waals surface area contributed by atoms with Crippen LogP contribution < -0.4 is 10.1 Å². The standard InChI is InChI=1S/C21H24N2O3/c24-21(20-13-16-5-3-4-8-19(16)26-20)22-14-17-6-1-2-7-18(17)15-23-9-11-25-12-10-23/h1-8,20H,9-15H2,(H,22,24)/t20-/m1/s1. The number of nitrogens with zero attached hydrogens (tertiary/aromatic N) is 1. The summed E-state index contributed by atoms with van der Waals surface area (Å²) in [4.78, 5) is 14.9. The number of carbonyl (C=O) groups excluding carboxylic acids is 1. The number of carbonyl (C=O) groups is 1. The highest BCUT2D eigenvalue weighted by Gasteiger charge is 2.28. The average Bonchev–Trinajstić information content (AvgIpc) is 3.12. The van der Waals surface area contributed by atoms with Gasteiger partial charge in [-0.3, -0.25) is 9.69 Å². The first kappa shape index (κ1) is 17.1. The van der Waals surface area contributed by atoms with Gasteiger partial charge < -0.3 is 14.8 Å². The molecule has 5 heteroatoms. The van der Waals surface area contributed by atoms with E-state index in [1.165, 1.54) is 5.56 Å². The zero-order chi connectivity index (χ0) is 17.8. The summed E-state index contributed by atoms with van der Waals surface area (Å²) in [7, 11) is 0. The molecule has 2 aliphatic rings. The predicted molar refractivity (Wildman–Crippen MR) is 98.9 cm³/mol. The Hall–Kier alpha value is -2.37. The van der Waals surface area contributed by atoms with Gasteiger partial charge in [0, 0.05) is 32.6 Å². The Labute approximate surface area is 153 Å². The molecule has 1 N–H and O–H groups in total. The number of hydrogen-bond acceptors (Lipinski definition) is 4. The fourth-order valence-electron chi connectivity index (χ4n) is 3.51. The first-order valence-corrected chi connectivity index (χ1v) is 9.19. The highest BCUT2D eigenvalue weighted by Crippen LogP contribution is 2.28. The Morgan fingerprint density at radius 1 is 1.04 bits per heavy atom. The molecule has 0 bridgehead atoms. The Kier molecular flexibility index (Phi) is 5.18. The lowest BCUT2D eigenvalue weighted by molar-refractivity contribution is -0.127. The molecule has 2 heterocycles. The van der Waals surface area contributed by atoms with E-state index in [9.17, 15) is 4.79 Å². The zero-order valence-corrected chi connectivity index (χ0v) is 14.8. The lowest BCUT2D eigenvalue weighted by Gasteiger charge is -2.27. The van der Waals surface area contributed by atoms with Crippen LogP contribution in [0.25, 0.3) is 0 Å². The molecule has 0 spiro atoms. The molecule has 1 fully saturated rings. The van der Waals surface area contributed by atoms with Crippen molar-refractivity contribution in [3.8, 4) is 5.75 Å². The van der Waals surface area contributed by atoms with Crippen LogP contribution in [0.1, 0.15) is 16.7 Å². The highest BCUT2D eigenvalue weighted by molar-refractivity contribution is 5.82. The van der Waals surface area contributed by atoms with E-state index in [0.29, 0.717) is 13.0 Å². The van der Waals surface area contributed by atoms with Crippen molar-refractivity contribution in [1.82, 2.24) is 10.2 Å². The predicted octanol–water partition coefficient (Wildman–Crippen LogP) is 2.14. The van der Waals surface area contributed by atoms with Crippen molar-refractivity contribution in [2.75, 3.05) is 26.3 Å². The molecule has 2 aromatic rings. The van der Waals surface area contributed by atoms with Gasteiger partial charge in [0.15, 0.2) is 6.10 Å². The van der Waals surface area contributed by atoms with Crippen molar-refractivity contribution < 1.29 is 14.3 Å². The monoisotopic (exact) mass is 352 g/mol. The molecule has 136 valence electrons. The number of ether oxygens (including phenoxy) is 2. The van der Waals surface area contributed by atoms with Gasteiger partial charge in [-0.25, -0.2) is 0 Å². The number of nitrogens with one attached hydrogen (secondary N) is 1. The number of hydrogen-bond donors (Lipinski definition) is 1. The summed E-state index contributed by atoms with van der Waals surface area (Å²) in [5.74, 6) is 0.766. The van der Waals surface area contributed by atoms with Crippen molar-refractivity contribution in [2.45, 2.75) is 25.6 Å². The summed E-state index contributed by atoms with van der Waals surface area (Å²) in [6, 6.07) is 16.1. The van der Waals surface area contributed by atoms with Gasteiger partial charge in [0.2, 0.25) is 0 Å². The highest BCUT2D eigenvalue weighted by atomic mass is 16.5. The summed E-state index contributed by atoms with van der Waals surface area (Å²) < 4.78 is 11.2. The van der Waals surface area contributed by atoms with Gasteiger partial charge in [-0.05, 0) is 22.8 Å². The molecule has 1 atom stereocenters. The molecule has 0 saturated carbocycles. The van der Waals surface area contributed by atoms with Gasteiger partial charge in [0.25, 0.3) is 5.91 Å². The number of amides is 1. The van der Waals surface area contributed by atoms with Gasteiger partial charge in [-0.2, -0.15) is 0 Å². The summed E-state index contributed by atoms with van der Waals surface area (Å²) in [6.07, 6.45) is 0.205. The molecule has 2 aromatic carbocycles. The van der Waals surface area contributed by atoms with Crippen LogP contribution >= 0.6 is 0 Å². The second-order valence-corrected chi connectivity index (χ2v) is 6.79. The maximum Gasteiger partial charge on any atom is 0.261 e. The van der Waals surface area contributed by atoms with Crippen LogP contribution in [0.3, 0.4) is 0 Å². The minimum absolute atomic E-state index is 0.0534. The Bertz CT molecular complexity index is 746. The van der Waals surface area contributed by atoms with Crippen LogP contribution in [0, 0.1) is 0 Å². The summed E-state index contributed by atoms with van der Waals surface area (Å²) in [5, 5.41) is 3.05. The van der Waals surface area contributed by atoms with Crippen LogP contribution in [0.4, 0.5) is 0 Å². The molecule has 0 radical (unpaired) electrons. The maximum absolute atomic E-state index is 12.5. The van der Waals surface area contributed by atoms with E-state index in [2.05, 4.69) is 28.4 Å². The average molecular weight is 352 g/mol. The van der Waals surface area contributed by atoms with Crippen LogP contribution in [0.15, 0.2) is 48.5 Å². The third-order valence-electron chi connectivity index (χ3n) is 5.01. The smallest absolute Gasteiger partial charge is 0.261 e. The van der Waals surface area contributed by atoms with E-state index in [0.717, 1.165) is 49.7 Å². The molecular formula is C21H24N2O3. The molecule has 1 amide bonds. The third-order valence-corrected chi connectivity index (χ3v) is 5.01. The van der Waals surface area contributed by atoms with Crippen molar-refractivity contribution in [3.05, 3.63) is 65.2 Å². The Morgan fingerprint density at radius 3 is 2.58 bits per heavy atom. The SMILES string of the molecule is O=C(NCc1ccccc1CN1CCOCC1)[C@H]1Cc2ccccc2O1. The molecule has 26 heavy (non-hydrogen) atoms. The third kappa shape index (κ3) is 3.89. The molecule has 5 nitrogen and oxygen atoms in total. The topological polar surface area (TPSA) is 50.8 Å². The summed E-state index contributed by atoms with van der Waals surface area (Å²) in [6.45, 7) is 4.90. The van der Waals surface area contributed by atoms with Crippen LogP contribution in [-0.2, 0) is 29.0 Å². The van der Waals surface area contributed by atoms with E-state index < -0.39 is 6.10 Å². The molecule has 0 aromatic heterocycles. The van der Waals surface area contributed by atoms with E-state index in [4.69, 9.17) is 9.47 Å². The second kappa shape index (κ2) is 7.89. The molecule has 0 unspecified atom stereocenters. The van der Waals surface area contributed by atoms with Crippen LogP contribution in [-0.4, -0.2) is 43.2 Å². The largest absolute Gasteiger partial charge is 0.480 e. The summed E-state index contributed by atoms with van der Waals surface area (Å²) in [5.41, 5.74) is 3.51. The second-order valence-electron chi connectivity index (χ2n) is 6.79. The molecule has 1 saturated heterocycles. The number of fused-ring (bicyclic) bond motifs is 1. The van der Waals surface area contributed by atoms with Crippen molar-refractivity contribution in [2.24, 2.45) is 0 Å². The number of rotatable bonds is 5. The lowest BCUT2D eigenvalue weighted by atomic mass is 10.1. The van der Waals surface area contributed by atoms with Crippen molar-refractivity contribution in [3.63, 3.8) is 0 Å². The minimum Gasteiger partial charge on any atom is -0.480 e. The first-order chi connectivity index (χ1) is 12.8. The first-order valence-electron chi connectivity index (χ1n) is 9.19. The molecule has 0 aliphatic carbocycles. The van der Waals surface area contributed by atoms with E-state index in [1.807, 2.05) is 30.3 Å². The Morgan fingerprint density at radius 2 is 1.77 bits per heavy atom. The number of morpholine rings is 1. The minimum atomic E-state index is -0.432. The summed E-state index contributed by atoms with van der Waals surface area (Å²) >= 11 is 0. The van der Waals surface area contributed by atoms with Crippen LogP contribution in [0.2, 0.25) is 0 Å². The van der Waals surface area contributed by atoms with Gasteiger partial charge in [-0.15, -0.1) is 0 Å². The molecule has 2 aliphatic heterocycles. The fraction of sp³-hybridized carbons (Fsp3) is 0.381. The number of para-hydroxylation sites is 1.